The monoisotopic (exact) mass is 350 g/mol. The first-order valence-corrected chi connectivity index (χ1v) is 9.59. The maximum atomic E-state index is 13.0. The second-order valence-corrected chi connectivity index (χ2v) is 6.87. The molecule has 4 heteroatoms. The van der Waals surface area contributed by atoms with Crippen LogP contribution in [0.25, 0.3) is 0 Å². The van der Waals surface area contributed by atoms with Gasteiger partial charge in [-0.1, -0.05) is 51.8 Å². The van der Waals surface area contributed by atoms with Crippen molar-refractivity contribution in [1.29, 1.82) is 0 Å². The van der Waals surface area contributed by atoms with Crippen LogP contribution in [0.1, 0.15) is 65.4 Å². The number of benzene rings is 1. The van der Waals surface area contributed by atoms with Gasteiger partial charge < -0.3 is 5.73 Å². The third kappa shape index (κ3) is 4.62. The van der Waals surface area contributed by atoms with E-state index >= 15 is 0 Å². The quantitative estimate of drug-likeness (QED) is 0.378. The van der Waals surface area contributed by atoms with Crippen LogP contribution in [0.3, 0.4) is 0 Å². The minimum Gasteiger partial charge on any atom is -0.388 e. The molecule has 0 spiro atoms. The van der Waals surface area contributed by atoms with Gasteiger partial charge in [0.1, 0.15) is 5.54 Å². The molecule has 1 aliphatic rings. The van der Waals surface area contributed by atoms with Gasteiger partial charge in [0.25, 0.3) is 0 Å². The van der Waals surface area contributed by atoms with Gasteiger partial charge in [-0.3, -0.25) is 4.99 Å². The van der Waals surface area contributed by atoms with Gasteiger partial charge >= 0.3 is 0 Å². The standard InChI is InChI=1S/C18H25FN2S.C2H6/c1-13(2)18(21-14(3)20,15-8-5-4-6-9-15)16-10-7-11-17(12-16)22-19;1-2/h7,10-12,15H,1,4-6,8-9H2,2-3H3,(H2,20,21);1-2H3. The summed E-state index contributed by atoms with van der Waals surface area (Å²) >= 11 is 0.267. The molecule has 1 fully saturated rings. The highest BCUT2D eigenvalue weighted by Crippen LogP contribution is 2.47. The van der Waals surface area contributed by atoms with Gasteiger partial charge in [-0.15, -0.1) is 0 Å². The molecule has 1 saturated carbocycles. The van der Waals surface area contributed by atoms with Gasteiger partial charge in [0.05, 0.1) is 18.0 Å². The number of nitrogens with zero attached hydrogens (tertiary/aromatic N) is 1. The van der Waals surface area contributed by atoms with E-state index < -0.39 is 5.54 Å². The lowest BCUT2D eigenvalue weighted by Crippen LogP contribution is -2.37. The van der Waals surface area contributed by atoms with E-state index in [-0.39, 0.29) is 12.1 Å². The molecule has 1 aliphatic carbocycles. The largest absolute Gasteiger partial charge is 0.388 e. The zero-order valence-corrected chi connectivity index (χ0v) is 16.3. The van der Waals surface area contributed by atoms with Crippen LogP contribution < -0.4 is 5.73 Å². The Labute approximate surface area is 151 Å². The molecule has 0 saturated heterocycles. The topological polar surface area (TPSA) is 38.4 Å². The Hall–Kier alpha value is -1.29. The van der Waals surface area contributed by atoms with Gasteiger partial charge in [0.2, 0.25) is 0 Å². The molecule has 1 atom stereocenters. The molecule has 24 heavy (non-hydrogen) atoms. The Bertz CT molecular complexity index is 561. The molecule has 0 heterocycles. The first-order valence-electron chi connectivity index (χ1n) is 8.87. The summed E-state index contributed by atoms with van der Waals surface area (Å²) in [7, 11) is 0. The second kappa shape index (κ2) is 9.87. The molecular formula is C20H31FN2S. The van der Waals surface area contributed by atoms with Crippen molar-refractivity contribution in [2.24, 2.45) is 16.6 Å². The Morgan fingerprint density at radius 2 is 1.88 bits per heavy atom. The fourth-order valence-corrected chi connectivity index (χ4v) is 3.96. The lowest BCUT2D eigenvalue weighted by Gasteiger charge is -2.41. The minimum atomic E-state index is -0.537. The molecule has 1 aromatic rings. The van der Waals surface area contributed by atoms with Crippen LogP contribution in [-0.2, 0) is 5.54 Å². The molecular weight excluding hydrogens is 319 g/mol. The normalized spacial score (nSPS) is 18.3. The summed E-state index contributed by atoms with van der Waals surface area (Å²) < 4.78 is 13.0. The molecule has 1 aromatic carbocycles. The van der Waals surface area contributed by atoms with Crippen molar-refractivity contribution in [2.75, 3.05) is 0 Å². The summed E-state index contributed by atoms with van der Waals surface area (Å²) in [6, 6.07) is 7.58. The molecule has 2 nitrogen and oxygen atoms in total. The molecule has 0 radical (unpaired) electrons. The average molecular weight is 351 g/mol. The zero-order valence-electron chi connectivity index (χ0n) is 15.4. The fourth-order valence-electron chi connectivity index (χ4n) is 3.66. The van der Waals surface area contributed by atoms with E-state index in [9.17, 15) is 3.89 Å². The van der Waals surface area contributed by atoms with E-state index in [1.807, 2.05) is 45.9 Å². The summed E-state index contributed by atoms with van der Waals surface area (Å²) in [4.78, 5) is 5.44. The molecule has 1 unspecified atom stereocenters. The summed E-state index contributed by atoms with van der Waals surface area (Å²) in [5.41, 5.74) is 7.40. The van der Waals surface area contributed by atoms with Crippen molar-refractivity contribution in [3.05, 3.63) is 42.0 Å². The highest BCUT2D eigenvalue weighted by atomic mass is 32.2. The summed E-state index contributed by atoms with van der Waals surface area (Å²) in [5.74, 6) is 0.920. The van der Waals surface area contributed by atoms with Gasteiger partial charge in [0, 0.05) is 4.90 Å². The molecule has 0 amide bonds. The Morgan fingerprint density at radius 1 is 1.25 bits per heavy atom. The third-order valence-corrected chi connectivity index (χ3v) is 4.99. The van der Waals surface area contributed by atoms with Crippen molar-refractivity contribution in [3.8, 4) is 0 Å². The van der Waals surface area contributed by atoms with Crippen molar-refractivity contribution < 1.29 is 3.89 Å². The number of hydrogen-bond donors (Lipinski definition) is 1. The van der Waals surface area contributed by atoms with E-state index in [2.05, 4.69) is 6.58 Å². The van der Waals surface area contributed by atoms with E-state index in [4.69, 9.17) is 10.7 Å². The molecule has 2 rings (SSSR count). The van der Waals surface area contributed by atoms with Crippen molar-refractivity contribution in [1.82, 2.24) is 0 Å². The van der Waals surface area contributed by atoms with Gasteiger partial charge in [-0.25, -0.2) is 0 Å². The maximum Gasteiger partial charge on any atom is 0.111 e. The minimum absolute atomic E-state index is 0.267. The summed E-state index contributed by atoms with van der Waals surface area (Å²) in [6.07, 6.45) is 5.90. The number of rotatable bonds is 5. The highest BCUT2D eigenvalue weighted by molar-refractivity contribution is 7.94. The molecule has 0 aromatic heterocycles. The Balaban J connectivity index is 0.00000139. The van der Waals surface area contributed by atoms with Crippen molar-refractivity contribution in [3.63, 3.8) is 0 Å². The first kappa shape index (κ1) is 20.8. The molecule has 2 N–H and O–H groups in total. The van der Waals surface area contributed by atoms with E-state index in [1.54, 1.807) is 6.07 Å². The van der Waals surface area contributed by atoms with Crippen LogP contribution in [0.15, 0.2) is 46.3 Å². The summed E-state index contributed by atoms with van der Waals surface area (Å²) in [5, 5.41) is 0. The van der Waals surface area contributed by atoms with Crippen LogP contribution in [0.4, 0.5) is 3.89 Å². The fraction of sp³-hybridized carbons (Fsp3) is 0.550. The van der Waals surface area contributed by atoms with E-state index in [0.29, 0.717) is 16.6 Å². The van der Waals surface area contributed by atoms with Crippen LogP contribution in [-0.4, -0.2) is 5.84 Å². The van der Waals surface area contributed by atoms with Crippen molar-refractivity contribution >= 4 is 18.0 Å². The van der Waals surface area contributed by atoms with Crippen LogP contribution in [0.2, 0.25) is 0 Å². The van der Waals surface area contributed by atoms with Gasteiger partial charge in [0.15, 0.2) is 0 Å². The smallest absolute Gasteiger partial charge is 0.111 e. The van der Waals surface area contributed by atoms with E-state index in [1.165, 1.54) is 19.3 Å². The molecule has 134 valence electrons. The van der Waals surface area contributed by atoms with Gasteiger partial charge in [-0.2, -0.15) is 3.89 Å². The third-order valence-electron chi connectivity index (χ3n) is 4.56. The lowest BCUT2D eigenvalue weighted by atomic mass is 9.68. The number of aliphatic imine (C=N–C) groups is 1. The predicted molar refractivity (Wildman–Crippen MR) is 105 cm³/mol. The summed E-state index contributed by atoms with van der Waals surface area (Å²) in [6.45, 7) is 12.0. The molecule has 0 bridgehead atoms. The second-order valence-electron chi connectivity index (χ2n) is 6.24. The number of halogens is 1. The molecule has 0 aliphatic heterocycles. The Morgan fingerprint density at radius 3 is 2.38 bits per heavy atom. The van der Waals surface area contributed by atoms with Crippen LogP contribution in [0.5, 0.6) is 0 Å². The number of hydrogen-bond acceptors (Lipinski definition) is 2. The average Bonchev–Trinajstić information content (AvgIpc) is 2.61. The number of nitrogens with two attached hydrogens (primary N) is 1. The number of amidine groups is 1. The Kier molecular flexibility index (Phi) is 8.54. The van der Waals surface area contributed by atoms with Crippen LogP contribution >= 0.6 is 12.1 Å². The van der Waals surface area contributed by atoms with Gasteiger partial charge in [-0.05, 0) is 55.9 Å². The van der Waals surface area contributed by atoms with Crippen molar-refractivity contribution in [2.45, 2.75) is 70.2 Å². The first-order chi connectivity index (χ1) is 11.5. The predicted octanol–water partition coefficient (Wildman–Crippen LogP) is 6.42. The van der Waals surface area contributed by atoms with E-state index in [0.717, 1.165) is 24.0 Å². The zero-order chi connectivity index (χ0) is 18.2. The van der Waals surface area contributed by atoms with Crippen LogP contribution in [0, 0.1) is 5.92 Å². The lowest BCUT2D eigenvalue weighted by molar-refractivity contribution is 0.241. The maximum absolute atomic E-state index is 13.0. The SMILES string of the molecule is C=C(C)C(N=C(C)N)(c1cccc(SF)c1)C1CCCCC1.CC. The highest BCUT2D eigenvalue weighted by Gasteiger charge is 2.41.